The molecule has 3 N–H and O–H groups in total. The zero-order valence-electron chi connectivity index (χ0n) is 10.6. The third kappa shape index (κ3) is 2.90. The maximum atomic E-state index is 11.8. The number of aromatic nitrogens is 2. The van der Waals surface area contributed by atoms with Crippen LogP contribution in [0.4, 0.5) is 10.7 Å². The van der Waals surface area contributed by atoms with Crippen LogP contribution in [-0.4, -0.2) is 22.2 Å². The van der Waals surface area contributed by atoms with Gasteiger partial charge in [-0.2, -0.15) is 4.98 Å². The van der Waals surface area contributed by atoms with Crippen molar-refractivity contribution >= 4 is 39.6 Å². The molecule has 0 aromatic carbocycles. The number of nitrogen functional groups attached to an aromatic ring is 1. The highest BCUT2D eigenvalue weighted by molar-refractivity contribution is 7.99. The van der Waals surface area contributed by atoms with E-state index in [0.717, 1.165) is 9.90 Å². The summed E-state index contributed by atoms with van der Waals surface area (Å²) in [6.45, 7) is 2.26. The van der Waals surface area contributed by atoms with E-state index >= 15 is 0 Å². The van der Waals surface area contributed by atoms with E-state index in [0.29, 0.717) is 29.4 Å². The highest BCUT2D eigenvalue weighted by atomic mass is 32.2. The van der Waals surface area contributed by atoms with Gasteiger partial charge in [-0.05, 0) is 6.26 Å². The smallest absolute Gasteiger partial charge is 0.213 e. The fourth-order valence-electron chi connectivity index (χ4n) is 1.55. The lowest BCUT2D eigenvalue weighted by atomic mass is 10.2. The van der Waals surface area contributed by atoms with Crippen molar-refractivity contribution in [2.75, 3.05) is 17.3 Å². The molecule has 0 bridgehead atoms. The maximum Gasteiger partial charge on any atom is 0.213 e. The first kappa shape index (κ1) is 13.9. The minimum absolute atomic E-state index is 0.0606. The molecular weight excluding hydrogens is 284 g/mol. The van der Waals surface area contributed by atoms with Crippen LogP contribution in [0.3, 0.4) is 0 Å². The van der Waals surface area contributed by atoms with Crippen molar-refractivity contribution in [3.8, 4) is 0 Å². The summed E-state index contributed by atoms with van der Waals surface area (Å²) in [6, 6.07) is 0. The lowest BCUT2D eigenvalue weighted by Gasteiger charge is -2.03. The van der Waals surface area contributed by atoms with Crippen LogP contribution in [0, 0.1) is 0 Å². The highest BCUT2D eigenvalue weighted by Crippen LogP contribution is 2.42. The van der Waals surface area contributed by atoms with E-state index in [9.17, 15) is 4.79 Å². The molecule has 2 aromatic rings. The Morgan fingerprint density at radius 3 is 3.00 bits per heavy atom. The van der Waals surface area contributed by atoms with Gasteiger partial charge in [0.15, 0.2) is 11.6 Å². The van der Waals surface area contributed by atoms with Gasteiger partial charge in [0, 0.05) is 6.42 Å². The molecule has 0 unspecified atom stereocenters. The van der Waals surface area contributed by atoms with Gasteiger partial charge in [0.1, 0.15) is 5.00 Å². The van der Waals surface area contributed by atoms with Gasteiger partial charge in [0.25, 0.3) is 0 Å². The predicted molar refractivity (Wildman–Crippen MR) is 76.8 cm³/mol. The number of Topliss-reactive ketones (excluding diaryl/α,β-unsaturated/α-hetero) is 1. The molecule has 0 aliphatic carbocycles. The minimum Gasteiger partial charge on any atom is -0.396 e. The number of nitrogens with two attached hydrogens (primary N) is 1. The molecule has 19 heavy (non-hydrogen) atoms. The first-order chi connectivity index (χ1) is 9.17. The molecule has 2 heterocycles. The Balaban J connectivity index is 2.22. The van der Waals surface area contributed by atoms with Crippen LogP contribution in [0.1, 0.15) is 28.8 Å². The number of nitrogens with zero attached hydrogens (tertiary/aromatic N) is 2. The van der Waals surface area contributed by atoms with Crippen molar-refractivity contribution < 1.29 is 9.32 Å². The molecule has 0 saturated heterocycles. The highest BCUT2D eigenvalue weighted by Gasteiger charge is 2.19. The molecule has 102 valence electrons. The predicted octanol–water partition coefficient (Wildman–Crippen LogP) is 2.64. The molecule has 0 radical (unpaired) electrons. The number of hydrogen-bond donors (Lipinski definition) is 2. The summed E-state index contributed by atoms with van der Waals surface area (Å²) < 4.78 is 4.66. The Hall–Kier alpha value is -1.54. The topological polar surface area (TPSA) is 94.0 Å². The zero-order valence-corrected chi connectivity index (χ0v) is 12.2. The fourth-order valence-corrected chi connectivity index (χ4v) is 3.59. The molecule has 2 aromatic heterocycles. The third-order valence-electron chi connectivity index (χ3n) is 2.49. The summed E-state index contributed by atoms with van der Waals surface area (Å²) in [6.07, 6.45) is 3.66. The van der Waals surface area contributed by atoms with Gasteiger partial charge >= 0.3 is 0 Å². The average Bonchev–Trinajstić information content (AvgIpc) is 3.03. The molecule has 0 amide bonds. The Labute approximate surface area is 118 Å². The number of thioether (sulfide) groups is 1. The second-order valence-corrected chi connectivity index (χ2v) is 5.52. The van der Waals surface area contributed by atoms with Gasteiger partial charge in [0.2, 0.25) is 6.39 Å². The van der Waals surface area contributed by atoms with Gasteiger partial charge in [-0.25, -0.2) is 0 Å². The first-order valence-electron chi connectivity index (χ1n) is 5.65. The SMILES string of the molecule is CCC(=O)c1sc(NCc2ncon2)c(SC)c1N. The minimum atomic E-state index is 0.0606. The molecule has 0 aliphatic heterocycles. The maximum absolute atomic E-state index is 11.8. The van der Waals surface area contributed by atoms with Crippen molar-refractivity contribution in [2.45, 2.75) is 24.8 Å². The van der Waals surface area contributed by atoms with Crippen LogP contribution < -0.4 is 11.1 Å². The molecular formula is C11H14N4O2S2. The van der Waals surface area contributed by atoms with E-state index in [2.05, 4.69) is 20.0 Å². The van der Waals surface area contributed by atoms with Crippen LogP contribution in [0.2, 0.25) is 0 Å². The van der Waals surface area contributed by atoms with Gasteiger partial charge in [-0.3, -0.25) is 4.79 Å². The Bertz CT molecular complexity index is 566. The number of ketones is 1. The van der Waals surface area contributed by atoms with Crippen LogP contribution >= 0.6 is 23.1 Å². The molecule has 0 fully saturated rings. The van der Waals surface area contributed by atoms with Crippen molar-refractivity contribution in [3.63, 3.8) is 0 Å². The summed E-state index contributed by atoms with van der Waals surface area (Å²) in [4.78, 5) is 17.2. The van der Waals surface area contributed by atoms with Crippen LogP contribution in [0.25, 0.3) is 0 Å². The van der Waals surface area contributed by atoms with Crippen LogP contribution in [-0.2, 0) is 6.54 Å². The summed E-state index contributed by atoms with van der Waals surface area (Å²) in [5.41, 5.74) is 6.57. The number of thiophene rings is 1. The second-order valence-electron chi connectivity index (χ2n) is 3.68. The lowest BCUT2D eigenvalue weighted by molar-refractivity contribution is 0.0992. The van der Waals surface area contributed by atoms with Gasteiger partial charge in [0.05, 0.1) is 22.0 Å². The third-order valence-corrected chi connectivity index (χ3v) is 4.66. The van der Waals surface area contributed by atoms with Gasteiger partial charge in [-0.15, -0.1) is 23.1 Å². The van der Waals surface area contributed by atoms with Crippen molar-refractivity contribution in [1.82, 2.24) is 10.1 Å². The molecule has 0 spiro atoms. The number of carbonyl (C=O) groups excluding carboxylic acids is 1. The second kappa shape index (κ2) is 6.07. The quantitative estimate of drug-likeness (QED) is 0.625. The van der Waals surface area contributed by atoms with Crippen molar-refractivity contribution in [3.05, 3.63) is 17.1 Å². The number of rotatable bonds is 6. The largest absolute Gasteiger partial charge is 0.396 e. The molecule has 8 heteroatoms. The van der Waals surface area contributed by atoms with Crippen LogP contribution in [0.15, 0.2) is 15.8 Å². The summed E-state index contributed by atoms with van der Waals surface area (Å²) in [5.74, 6) is 0.618. The lowest BCUT2D eigenvalue weighted by Crippen LogP contribution is -2.00. The van der Waals surface area contributed by atoms with E-state index in [-0.39, 0.29) is 5.78 Å². The molecule has 2 rings (SSSR count). The number of anilines is 2. The molecule has 0 aliphatic rings. The normalized spacial score (nSPS) is 10.6. The van der Waals surface area contributed by atoms with Crippen molar-refractivity contribution in [1.29, 1.82) is 0 Å². The summed E-state index contributed by atoms with van der Waals surface area (Å²) >= 11 is 2.89. The summed E-state index contributed by atoms with van der Waals surface area (Å²) in [7, 11) is 0. The van der Waals surface area contributed by atoms with E-state index < -0.39 is 0 Å². The van der Waals surface area contributed by atoms with Crippen molar-refractivity contribution in [2.24, 2.45) is 0 Å². The van der Waals surface area contributed by atoms with E-state index in [1.54, 1.807) is 0 Å². The van der Waals surface area contributed by atoms with E-state index in [4.69, 9.17) is 5.73 Å². The average molecular weight is 298 g/mol. The Morgan fingerprint density at radius 2 is 2.42 bits per heavy atom. The number of nitrogens with one attached hydrogen (secondary N) is 1. The van der Waals surface area contributed by atoms with E-state index in [1.165, 1.54) is 29.5 Å². The number of carbonyl (C=O) groups is 1. The monoisotopic (exact) mass is 298 g/mol. The molecule has 0 atom stereocenters. The fraction of sp³-hybridized carbons (Fsp3) is 0.364. The van der Waals surface area contributed by atoms with Crippen LogP contribution in [0.5, 0.6) is 0 Å². The van der Waals surface area contributed by atoms with Gasteiger partial charge in [-0.1, -0.05) is 12.1 Å². The summed E-state index contributed by atoms with van der Waals surface area (Å²) in [5, 5.41) is 7.77. The first-order valence-corrected chi connectivity index (χ1v) is 7.70. The van der Waals surface area contributed by atoms with Gasteiger partial charge < -0.3 is 15.6 Å². The zero-order chi connectivity index (χ0) is 13.8. The Morgan fingerprint density at radius 1 is 1.63 bits per heavy atom. The Kier molecular flexibility index (Phi) is 4.43. The molecule has 0 saturated carbocycles. The van der Waals surface area contributed by atoms with E-state index in [1.807, 2.05) is 13.2 Å². The number of hydrogen-bond acceptors (Lipinski definition) is 8. The standard InChI is InChI=1S/C11H14N4O2S2/c1-3-6(16)9-8(12)10(18-2)11(19-9)13-4-7-14-5-17-15-7/h5,13H,3-4,12H2,1-2H3. The molecule has 6 nitrogen and oxygen atoms in total.